The summed E-state index contributed by atoms with van der Waals surface area (Å²) >= 11 is 0. The Bertz CT molecular complexity index is 1440. The van der Waals surface area contributed by atoms with Crippen molar-refractivity contribution in [2.24, 2.45) is 0 Å². The van der Waals surface area contributed by atoms with Gasteiger partial charge in [-0.15, -0.1) is 0 Å². The lowest BCUT2D eigenvalue weighted by molar-refractivity contribution is -0.118. The van der Waals surface area contributed by atoms with Crippen LogP contribution in [0.4, 0.5) is 5.69 Å². The number of aryl methyl sites for hydroxylation is 2. The molecule has 0 atom stereocenters. The van der Waals surface area contributed by atoms with Gasteiger partial charge in [-0.1, -0.05) is 53.6 Å². The summed E-state index contributed by atoms with van der Waals surface area (Å²) in [5.74, 6) is -0.943. The molecule has 1 amide bonds. The lowest BCUT2D eigenvalue weighted by atomic mass is 10.1. The molecule has 0 unspecified atom stereocenters. The van der Waals surface area contributed by atoms with E-state index in [9.17, 15) is 14.4 Å². The molecule has 0 bridgehead atoms. The molecule has 0 spiro atoms. The van der Waals surface area contributed by atoms with Gasteiger partial charge in [0, 0.05) is 5.56 Å². The van der Waals surface area contributed by atoms with Gasteiger partial charge in [0.2, 0.25) is 11.2 Å². The molecule has 4 aromatic rings. The fourth-order valence-corrected chi connectivity index (χ4v) is 3.52. The number of carbonyl (C=O) groups is 2. The number of esters is 1. The van der Waals surface area contributed by atoms with Gasteiger partial charge in [0.15, 0.2) is 12.4 Å². The fourth-order valence-electron chi connectivity index (χ4n) is 3.52. The summed E-state index contributed by atoms with van der Waals surface area (Å²) < 4.78 is 16.5. The van der Waals surface area contributed by atoms with Crippen molar-refractivity contribution in [1.82, 2.24) is 0 Å². The van der Waals surface area contributed by atoms with E-state index in [1.165, 1.54) is 13.2 Å². The molecular formula is C27H23NO6. The molecule has 0 saturated carbocycles. The lowest BCUT2D eigenvalue weighted by Gasteiger charge is -2.13. The Morgan fingerprint density at radius 3 is 2.38 bits per heavy atom. The first-order valence-electron chi connectivity index (χ1n) is 10.6. The summed E-state index contributed by atoms with van der Waals surface area (Å²) in [7, 11) is 1.26. The van der Waals surface area contributed by atoms with E-state index in [4.69, 9.17) is 13.9 Å². The number of ether oxygens (including phenoxy) is 2. The van der Waals surface area contributed by atoms with E-state index in [2.05, 4.69) is 5.32 Å². The Kier molecular flexibility index (Phi) is 6.45. The quantitative estimate of drug-likeness (QED) is 0.415. The van der Waals surface area contributed by atoms with Crippen molar-refractivity contribution in [2.45, 2.75) is 13.8 Å². The summed E-state index contributed by atoms with van der Waals surface area (Å²) in [5, 5.41) is 2.99. The Balaban J connectivity index is 1.67. The molecule has 7 heteroatoms. The number of amides is 1. The summed E-state index contributed by atoms with van der Waals surface area (Å²) in [6.45, 7) is 3.37. The molecule has 0 fully saturated rings. The number of rotatable bonds is 6. The summed E-state index contributed by atoms with van der Waals surface area (Å²) in [6.07, 6.45) is 0. The first kappa shape index (κ1) is 22.8. The minimum absolute atomic E-state index is 0.0571. The normalized spacial score (nSPS) is 10.7. The molecule has 0 saturated heterocycles. The zero-order valence-electron chi connectivity index (χ0n) is 19.0. The first-order chi connectivity index (χ1) is 16.4. The molecule has 3 aromatic carbocycles. The third kappa shape index (κ3) is 4.68. The number of para-hydroxylation sites is 1. The third-order valence-electron chi connectivity index (χ3n) is 5.27. The van der Waals surface area contributed by atoms with Crippen LogP contribution in [0, 0.1) is 13.8 Å². The molecule has 34 heavy (non-hydrogen) atoms. The number of anilines is 1. The van der Waals surface area contributed by atoms with Gasteiger partial charge in [0.05, 0.1) is 23.7 Å². The molecule has 4 rings (SSSR count). The van der Waals surface area contributed by atoms with E-state index in [-0.39, 0.29) is 28.2 Å². The van der Waals surface area contributed by atoms with Gasteiger partial charge in [-0.2, -0.15) is 0 Å². The molecule has 0 aliphatic heterocycles. The molecule has 0 aliphatic rings. The Hall–Kier alpha value is -4.39. The van der Waals surface area contributed by atoms with Crippen LogP contribution < -0.4 is 15.5 Å². The molecule has 1 heterocycles. The molecule has 0 aliphatic carbocycles. The zero-order valence-corrected chi connectivity index (χ0v) is 19.0. The Labute approximate surface area is 195 Å². The summed E-state index contributed by atoms with van der Waals surface area (Å²) in [5.41, 5.74) is 3.14. The third-order valence-corrected chi connectivity index (χ3v) is 5.27. The van der Waals surface area contributed by atoms with Crippen LogP contribution in [-0.2, 0) is 9.53 Å². The predicted molar refractivity (Wildman–Crippen MR) is 129 cm³/mol. The van der Waals surface area contributed by atoms with Crippen molar-refractivity contribution in [1.29, 1.82) is 0 Å². The van der Waals surface area contributed by atoms with Gasteiger partial charge in [-0.25, -0.2) is 4.79 Å². The maximum absolute atomic E-state index is 13.3. The average Bonchev–Trinajstić information content (AvgIpc) is 2.84. The van der Waals surface area contributed by atoms with Crippen LogP contribution in [0.1, 0.15) is 21.5 Å². The van der Waals surface area contributed by atoms with Crippen molar-refractivity contribution in [3.8, 4) is 17.1 Å². The molecule has 1 N–H and O–H groups in total. The molecule has 0 radical (unpaired) electrons. The number of methoxy groups -OCH3 is 1. The number of hydrogen-bond donors (Lipinski definition) is 1. The SMILES string of the molecule is COC(=O)c1ccccc1NC(=O)COc1c(-c2ccc(C)cc2)oc2ccc(C)cc2c1=O. The van der Waals surface area contributed by atoms with Gasteiger partial charge < -0.3 is 19.2 Å². The molecule has 7 nitrogen and oxygen atoms in total. The number of carbonyl (C=O) groups excluding carboxylic acids is 2. The Morgan fingerprint density at radius 2 is 1.65 bits per heavy atom. The second-order valence-electron chi connectivity index (χ2n) is 7.83. The van der Waals surface area contributed by atoms with Crippen LogP contribution in [-0.4, -0.2) is 25.6 Å². The number of hydrogen-bond acceptors (Lipinski definition) is 6. The first-order valence-corrected chi connectivity index (χ1v) is 10.6. The largest absolute Gasteiger partial charge is 0.476 e. The van der Waals surface area contributed by atoms with Crippen LogP contribution >= 0.6 is 0 Å². The van der Waals surface area contributed by atoms with Gasteiger partial charge in [-0.3, -0.25) is 9.59 Å². The van der Waals surface area contributed by atoms with E-state index in [0.717, 1.165) is 11.1 Å². The lowest BCUT2D eigenvalue weighted by Crippen LogP contribution is -2.23. The van der Waals surface area contributed by atoms with Gasteiger partial charge in [0.1, 0.15) is 5.58 Å². The zero-order chi connectivity index (χ0) is 24.2. The fraction of sp³-hybridized carbons (Fsp3) is 0.148. The van der Waals surface area contributed by atoms with E-state index in [1.54, 1.807) is 30.3 Å². The van der Waals surface area contributed by atoms with Crippen LogP contribution in [0.25, 0.3) is 22.3 Å². The highest BCUT2D eigenvalue weighted by molar-refractivity contribution is 6.01. The van der Waals surface area contributed by atoms with E-state index in [0.29, 0.717) is 16.5 Å². The highest BCUT2D eigenvalue weighted by Gasteiger charge is 2.20. The van der Waals surface area contributed by atoms with Crippen LogP contribution in [0.5, 0.6) is 5.75 Å². The predicted octanol–water partition coefficient (Wildman–Crippen LogP) is 4.88. The van der Waals surface area contributed by atoms with Gasteiger partial charge in [-0.05, 0) is 38.1 Å². The minimum atomic E-state index is -0.580. The van der Waals surface area contributed by atoms with Crippen molar-refractivity contribution < 1.29 is 23.5 Å². The molecule has 1 aromatic heterocycles. The summed E-state index contributed by atoms with van der Waals surface area (Å²) in [6, 6.07) is 19.2. The van der Waals surface area contributed by atoms with Crippen molar-refractivity contribution in [2.75, 3.05) is 19.0 Å². The average molecular weight is 457 g/mol. The van der Waals surface area contributed by atoms with Gasteiger partial charge in [0.25, 0.3) is 5.91 Å². The van der Waals surface area contributed by atoms with Crippen molar-refractivity contribution in [3.63, 3.8) is 0 Å². The number of fused-ring (bicyclic) bond motifs is 1. The summed E-state index contributed by atoms with van der Waals surface area (Å²) in [4.78, 5) is 37.9. The molecular weight excluding hydrogens is 434 g/mol. The van der Waals surface area contributed by atoms with Crippen molar-refractivity contribution in [3.05, 3.63) is 93.6 Å². The number of benzene rings is 3. The maximum Gasteiger partial charge on any atom is 0.339 e. The second kappa shape index (κ2) is 9.62. The van der Waals surface area contributed by atoms with E-state index >= 15 is 0 Å². The molecule has 172 valence electrons. The highest BCUT2D eigenvalue weighted by atomic mass is 16.5. The topological polar surface area (TPSA) is 94.8 Å². The van der Waals surface area contributed by atoms with Crippen LogP contribution in [0.15, 0.2) is 75.9 Å². The van der Waals surface area contributed by atoms with Crippen molar-refractivity contribution >= 4 is 28.5 Å². The van der Waals surface area contributed by atoms with Gasteiger partial charge >= 0.3 is 5.97 Å². The second-order valence-corrected chi connectivity index (χ2v) is 7.83. The standard InChI is InChI=1S/C27H23NO6/c1-16-8-11-18(12-9-16)25-26(24(30)20-14-17(2)10-13-22(20)34-25)33-15-23(29)28-21-7-5-4-6-19(21)27(31)32-3/h4-14H,15H2,1-3H3,(H,28,29). The smallest absolute Gasteiger partial charge is 0.339 e. The highest BCUT2D eigenvalue weighted by Crippen LogP contribution is 2.31. The van der Waals surface area contributed by atoms with Crippen LogP contribution in [0.3, 0.4) is 0 Å². The maximum atomic E-state index is 13.3. The Morgan fingerprint density at radius 1 is 0.941 bits per heavy atom. The van der Waals surface area contributed by atoms with E-state index < -0.39 is 18.5 Å². The number of nitrogens with one attached hydrogen (secondary N) is 1. The minimum Gasteiger partial charge on any atom is -0.476 e. The monoisotopic (exact) mass is 457 g/mol. The van der Waals surface area contributed by atoms with Crippen LogP contribution in [0.2, 0.25) is 0 Å². The van der Waals surface area contributed by atoms with E-state index in [1.807, 2.05) is 44.2 Å².